The van der Waals surface area contributed by atoms with E-state index < -0.39 is 36.0 Å². The minimum Gasteiger partial charge on any atom is -0.264 e. The van der Waals surface area contributed by atoms with Crippen LogP contribution in [0.15, 0.2) is 0 Å². The van der Waals surface area contributed by atoms with Gasteiger partial charge in [-0.3, -0.25) is 4.55 Å². The smallest absolute Gasteiger partial charge is 0.264 e. The molecule has 0 saturated heterocycles. The van der Waals surface area contributed by atoms with Crippen LogP contribution in [0, 0.1) is 0 Å². The Morgan fingerprint density at radius 3 is 2.25 bits per heavy atom. The molecular formula is C4H7F3O4S. The van der Waals surface area contributed by atoms with Crippen LogP contribution < -0.4 is 0 Å². The molecule has 0 unspecified atom stereocenters. The van der Waals surface area contributed by atoms with Crippen molar-refractivity contribution in [2.75, 3.05) is 13.3 Å². The van der Waals surface area contributed by atoms with E-state index in [0.29, 0.717) is 0 Å². The molecule has 0 atom stereocenters. The molecule has 0 heterocycles. The standard InChI is InChI=1S/C4H7F3O4S/c5-3-4(6,7)1-2-11-12(8,9)10/h1-3H2,(H,8,9,10). The fraction of sp³-hybridized carbons (Fsp3) is 1.00. The molecule has 0 aromatic heterocycles. The summed E-state index contributed by atoms with van der Waals surface area (Å²) in [4.78, 5) is 0. The molecule has 0 aliphatic heterocycles. The Kier molecular flexibility index (Phi) is 3.94. The number of rotatable bonds is 5. The van der Waals surface area contributed by atoms with Gasteiger partial charge in [0.05, 0.1) is 6.61 Å². The zero-order chi connectivity index (χ0) is 9.83. The fourth-order valence-electron chi connectivity index (χ4n) is 0.363. The molecule has 8 heteroatoms. The first-order valence-corrected chi connectivity index (χ1v) is 4.19. The number of hydrogen-bond donors (Lipinski definition) is 1. The van der Waals surface area contributed by atoms with E-state index in [1.807, 2.05) is 0 Å². The van der Waals surface area contributed by atoms with Crippen LogP contribution >= 0.6 is 0 Å². The van der Waals surface area contributed by atoms with Crippen molar-refractivity contribution in [2.45, 2.75) is 12.3 Å². The second-order valence-electron chi connectivity index (χ2n) is 1.99. The van der Waals surface area contributed by atoms with E-state index in [4.69, 9.17) is 4.55 Å². The molecule has 0 bridgehead atoms. The maximum Gasteiger partial charge on any atom is 0.397 e. The third kappa shape index (κ3) is 6.38. The van der Waals surface area contributed by atoms with Gasteiger partial charge in [-0.2, -0.15) is 8.42 Å². The summed E-state index contributed by atoms with van der Waals surface area (Å²) in [5.74, 6) is -3.61. The quantitative estimate of drug-likeness (QED) is 0.679. The molecule has 74 valence electrons. The Morgan fingerprint density at radius 1 is 1.42 bits per heavy atom. The van der Waals surface area contributed by atoms with E-state index in [-0.39, 0.29) is 0 Å². The molecule has 0 aromatic rings. The van der Waals surface area contributed by atoms with Gasteiger partial charge in [-0.05, 0) is 0 Å². The lowest BCUT2D eigenvalue weighted by Crippen LogP contribution is -2.22. The first-order chi connectivity index (χ1) is 5.27. The van der Waals surface area contributed by atoms with Gasteiger partial charge in [-0.25, -0.2) is 17.4 Å². The van der Waals surface area contributed by atoms with Crippen molar-refractivity contribution in [3.05, 3.63) is 0 Å². The maximum atomic E-state index is 12.0. The highest BCUT2D eigenvalue weighted by molar-refractivity contribution is 7.80. The summed E-state index contributed by atoms with van der Waals surface area (Å²) in [6, 6.07) is 0. The van der Waals surface area contributed by atoms with Gasteiger partial charge in [-0.1, -0.05) is 0 Å². The Morgan fingerprint density at radius 2 is 1.92 bits per heavy atom. The highest BCUT2D eigenvalue weighted by Gasteiger charge is 2.29. The summed E-state index contributed by atoms with van der Waals surface area (Å²) in [5.41, 5.74) is 0. The highest BCUT2D eigenvalue weighted by Crippen LogP contribution is 2.18. The molecule has 4 nitrogen and oxygen atoms in total. The SMILES string of the molecule is O=S(=O)(O)OCCC(F)(F)CF. The van der Waals surface area contributed by atoms with Crippen LogP contribution in [0.4, 0.5) is 13.2 Å². The zero-order valence-corrected chi connectivity index (χ0v) is 6.65. The lowest BCUT2D eigenvalue weighted by molar-refractivity contribution is -0.0390. The number of alkyl halides is 3. The van der Waals surface area contributed by atoms with Crippen molar-refractivity contribution in [1.82, 2.24) is 0 Å². The Balaban J connectivity index is 3.72. The second-order valence-corrected chi connectivity index (χ2v) is 3.08. The van der Waals surface area contributed by atoms with Gasteiger partial charge in [-0.15, -0.1) is 0 Å². The molecule has 0 saturated carbocycles. The zero-order valence-electron chi connectivity index (χ0n) is 5.84. The van der Waals surface area contributed by atoms with Crippen LogP contribution in [0.25, 0.3) is 0 Å². The summed E-state index contributed by atoms with van der Waals surface area (Å²) in [6.45, 7) is -2.84. The normalized spacial score (nSPS) is 13.3. The van der Waals surface area contributed by atoms with Crippen molar-refractivity contribution < 1.29 is 30.3 Å². The van der Waals surface area contributed by atoms with E-state index >= 15 is 0 Å². The van der Waals surface area contributed by atoms with E-state index in [9.17, 15) is 21.6 Å². The molecule has 0 spiro atoms. The van der Waals surface area contributed by atoms with Gasteiger partial charge in [0, 0.05) is 6.42 Å². The summed E-state index contributed by atoms with van der Waals surface area (Å²) in [6.07, 6.45) is -1.09. The molecule has 0 radical (unpaired) electrons. The van der Waals surface area contributed by atoms with Crippen molar-refractivity contribution in [3.63, 3.8) is 0 Å². The van der Waals surface area contributed by atoms with Crippen molar-refractivity contribution in [2.24, 2.45) is 0 Å². The Bertz CT molecular complexity index is 224. The predicted molar refractivity (Wildman–Crippen MR) is 33.0 cm³/mol. The van der Waals surface area contributed by atoms with E-state index in [0.717, 1.165) is 0 Å². The largest absolute Gasteiger partial charge is 0.397 e. The second kappa shape index (κ2) is 4.06. The fourth-order valence-corrected chi connectivity index (χ4v) is 0.657. The lowest BCUT2D eigenvalue weighted by atomic mass is 10.3. The summed E-state index contributed by atoms with van der Waals surface area (Å²) >= 11 is 0. The minimum absolute atomic E-state index is 0.949. The van der Waals surface area contributed by atoms with Crippen LogP contribution in [0.2, 0.25) is 0 Å². The Hall–Kier alpha value is -0.340. The van der Waals surface area contributed by atoms with E-state index in [1.54, 1.807) is 0 Å². The topological polar surface area (TPSA) is 63.6 Å². The molecule has 0 rings (SSSR count). The molecule has 12 heavy (non-hydrogen) atoms. The number of hydrogen-bond acceptors (Lipinski definition) is 3. The first-order valence-electron chi connectivity index (χ1n) is 2.82. The third-order valence-electron chi connectivity index (χ3n) is 0.896. The first kappa shape index (κ1) is 11.7. The lowest BCUT2D eigenvalue weighted by Gasteiger charge is -2.09. The van der Waals surface area contributed by atoms with Gasteiger partial charge in [0.2, 0.25) is 0 Å². The summed E-state index contributed by atoms with van der Waals surface area (Å²) in [7, 11) is -4.71. The molecule has 0 aromatic carbocycles. The molecule has 0 aliphatic rings. The van der Waals surface area contributed by atoms with Gasteiger partial charge in [0.15, 0.2) is 6.67 Å². The highest BCUT2D eigenvalue weighted by atomic mass is 32.3. The van der Waals surface area contributed by atoms with Gasteiger partial charge in [0.1, 0.15) is 0 Å². The van der Waals surface area contributed by atoms with Crippen LogP contribution in [0.5, 0.6) is 0 Å². The van der Waals surface area contributed by atoms with Crippen molar-refractivity contribution >= 4 is 10.4 Å². The monoisotopic (exact) mass is 208 g/mol. The molecular weight excluding hydrogens is 201 g/mol. The summed E-state index contributed by atoms with van der Waals surface area (Å²) < 4.78 is 66.4. The van der Waals surface area contributed by atoms with Gasteiger partial charge >= 0.3 is 10.4 Å². The molecule has 0 aliphatic carbocycles. The van der Waals surface area contributed by atoms with Crippen molar-refractivity contribution in [1.29, 1.82) is 0 Å². The van der Waals surface area contributed by atoms with Crippen LogP contribution in [-0.4, -0.2) is 32.2 Å². The molecule has 0 amide bonds. The average molecular weight is 208 g/mol. The third-order valence-corrected chi connectivity index (χ3v) is 1.36. The predicted octanol–water partition coefficient (Wildman–Crippen LogP) is 0.801. The Labute approximate surface area is 67.3 Å². The molecule has 0 fully saturated rings. The van der Waals surface area contributed by atoms with E-state index in [1.165, 1.54) is 0 Å². The maximum absolute atomic E-state index is 12.0. The van der Waals surface area contributed by atoms with Crippen LogP contribution in [-0.2, 0) is 14.6 Å². The summed E-state index contributed by atoms with van der Waals surface area (Å²) in [5, 5.41) is 0. The van der Waals surface area contributed by atoms with Crippen LogP contribution in [0.1, 0.15) is 6.42 Å². The minimum atomic E-state index is -4.71. The van der Waals surface area contributed by atoms with Gasteiger partial charge in [0.25, 0.3) is 5.92 Å². The van der Waals surface area contributed by atoms with E-state index in [2.05, 4.69) is 4.18 Å². The van der Waals surface area contributed by atoms with Gasteiger partial charge < -0.3 is 0 Å². The number of halogens is 3. The molecule has 1 N–H and O–H groups in total. The van der Waals surface area contributed by atoms with Crippen molar-refractivity contribution in [3.8, 4) is 0 Å². The van der Waals surface area contributed by atoms with Crippen LogP contribution in [0.3, 0.4) is 0 Å². The average Bonchev–Trinajstić information content (AvgIpc) is 1.84.